The molecule has 2 aromatic carbocycles. The SMILES string of the molecule is COc1cccc(NC(=O)c2cc(-c3cc(OC)ccc3OC)n(C)n2)c1. The number of hydrogen-bond donors (Lipinski definition) is 1. The van der Waals surface area contributed by atoms with Crippen LogP contribution in [0.4, 0.5) is 5.69 Å². The number of carbonyl (C=O) groups is 1. The number of nitrogens with zero attached hydrogens (tertiary/aromatic N) is 2. The Kier molecular flexibility index (Phi) is 5.30. The van der Waals surface area contributed by atoms with Crippen molar-refractivity contribution in [2.45, 2.75) is 0 Å². The smallest absolute Gasteiger partial charge is 0.276 e. The number of anilines is 1. The molecule has 7 heteroatoms. The fourth-order valence-electron chi connectivity index (χ4n) is 2.74. The molecule has 0 aliphatic heterocycles. The molecule has 0 aliphatic rings. The highest BCUT2D eigenvalue weighted by Gasteiger charge is 2.17. The van der Waals surface area contributed by atoms with E-state index in [0.29, 0.717) is 28.6 Å². The lowest BCUT2D eigenvalue weighted by Gasteiger charge is -2.10. The molecule has 0 bridgehead atoms. The molecule has 1 aromatic heterocycles. The summed E-state index contributed by atoms with van der Waals surface area (Å²) < 4.78 is 17.5. The molecular formula is C20H21N3O4. The lowest BCUT2D eigenvalue weighted by molar-refractivity contribution is 0.102. The quantitative estimate of drug-likeness (QED) is 0.723. The van der Waals surface area contributed by atoms with Crippen molar-refractivity contribution in [2.24, 2.45) is 7.05 Å². The molecule has 3 aromatic rings. The van der Waals surface area contributed by atoms with Crippen molar-refractivity contribution in [1.82, 2.24) is 9.78 Å². The molecular weight excluding hydrogens is 346 g/mol. The second-order valence-electron chi connectivity index (χ2n) is 5.79. The van der Waals surface area contributed by atoms with E-state index in [2.05, 4.69) is 10.4 Å². The van der Waals surface area contributed by atoms with Gasteiger partial charge in [0.15, 0.2) is 5.69 Å². The Labute approximate surface area is 157 Å². The van der Waals surface area contributed by atoms with Crippen LogP contribution in [0.1, 0.15) is 10.5 Å². The minimum atomic E-state index is -0.313. The third-order valence-electron chi connectivity index (χ3n) is 4.12. The molecule has 0 atom stereocenters. The fourth-order valence-corrected chi connectivity index (χ4v) is 2.74. The number of aromatic nitrogens is 2. The molecule has 1 heterocycles. The van der Waals surface area contributed by atoms with Crippen LogP contribution in [-0.2, 0) is 7.05 Å². The Morgan fingerprint density at radius 2 is 1.70 bits per heavy atom. The first-order valence-electron chi connectivity index (χ1n) is 8.27. The van der Waals surface area contributed by atoms with E-state index in [1.807, 2.05) is 24.3 Å². The maximum absolute atomic E-state index is 12.6. The van der Waals surface area contributed by atoms with E-state index in [-0.39, 0.29) is 5.91 Å². The fraction of sp³-hybridized carbons (Fsp3) is 0.200. The van der Waals surface area contributed by atoms with Crippen molar-refractivity contribution < 1.29 is 19.0 Å². The van der Waals surface area contributed by atoms with Gasteiger partial charge in [-0.2, -0.15) is 5.10 Å². The number of nitrogens with one attached hydrogen (secondary N) is 1. The number of benzene rings is 2. The van der Waals surface area contributed by atoms with Crippen molar-refractivity contribution in [2.75, 3.05) is 26.6 Å². The van der Waals surface area contributed by atoms with E-state index in [4.69, 9.17) is 14.2 Å². The highest BCUT2D eigenvalue weighted by molar-refractivity contribution is 6.03. The van der Waals surface area contributed by atoms with Gasteiger partial charge in [0.25, 0.3) is 5.91 Å². The van der Waals surface area contributed by atoms with Gasteiger partial charge in [0.1, 0.15) is 17.2 Å². The number of rotatable bonds is 6. The van der Waals surface area contributed by atoms with E-state index in [9.17, 15) is 4.79 Å². The Morgan fingerprint density at radius 1 is 0.963 bits per heavy atom. The van der Waals surface area contributed by atoms with Crippen LogP contribution in [0.5, 0.6) is 17.2 Å². The van der Waals surface area contributed by atoms with E-state index < -0.39 is 0 Å². The van der Waals surface area contributed by atoms with Crippen molar-refractivity contribution in [1.29, 1.82) is 0 Å². The number of methoxy groups -OCH3 is 3. The van der Waals surface area contributed by atoms with Crippen LogP contribution in [0, 0.1) is 0 Å². The second-order valence-corrected chi connectivity index (χ2v) is 5.79. The van der Waals surface area contributed by atoms with Crippen LogP contribution in [-0.4, -0.2) is 37.0 Å². The first kappa shape index (κ1) is 18.3. The Bertz CT molecular complexity index is 966. The monoisotopic (exact) mass is 367 g/mol. The van der Waals surface area contributed by atoms with E-state index in [1.165, 1.54) is 0 Å². The van der Waals surface area contributed by atoms with Gasteiger partial charge in [0, 0.05) is 24.4 Å². The largest absolute Gasteiger partial charge is 0.497 e. The van der Waals surface area contributed by atoms with Crippen molar-refractivity contribution >= 4 is 11.6 Å². The van der Waals surface area contributed by atoms with Crippen LogP contribution in [0.25, 0.3) is 11.3 Å². The molecule has 1 amide bonds. The minimum absolute atomic E-state index is 0.292. The van der Waals surface area contributed by atoms with Gasteiger partial charge in [-0.25, -0.2) is 0 Å². The number of hydrogen-bond acceptors (Lipinski definition) is 5. The average molecular weight is 367 g/mol. The third kappa shape index (κ3) is 3.87. The lowest BCUT2D eigenvalue weighted by Crippen LogP contribution is -2.13. The zero-order chi connectivity index (χ0) is 19.4. The van der Waals surface area contributed by atoms with Crippen molar-refractivity contribution in [3.8, 4) is 28.5 Å². The summed E-state index contributed by atoms with van der Waals surface area (Å²) in [7, 11) is 6.55. The molecule has 7 nitrogen and oxygen atoms in total. The van der Waals surface area contributed by atoms with Crippen molar-refractivity contribution in [3.05, 3.63) is 54.2 Å². The highest BCUT2D eigenvalue weighted by atomic mass is 16.5. The summed E-state index contributed by atoms with van der Waals surface area (Å²) in [5.41, 5.74) is 2.44. The predicted octanol–water partition coefficient (Wildman–Crippen LogP) is 3.37. The molecule has 0 saturated carbocycles. The van der Waals surface area contributed by atoms with Gasteiger partial charge in [-0.3, -0.25) is 9.48 Å². The summed E-state index contributed by atoms with van der Waals surface area (Å²) in [4.78, 5) is 12.6. The van der Waals surface area contributed by atoms with Crippen LogP contribution >= 0.6 is 0 Å². The van der Waals surface area contributed by atoms with Crippen LogP contribution in [0.3, 0.4) is 0 Å². The molecule has 1 N–H and O–H groups in total. The Morgan fingerprint density at radius 3 is 2.41 bits per heavy atom. The van der Waals surface area contributed by atoms with E-state index in [1.54, 1.807) is 57.3 Å². The summed E-state index contributed by atoms with van der Waals surface area (Å²) in [6, 6.07) is 14.3. The summed E-state index contributed by atoms with van der Waals surface area (Å²) in [6.07, 6.45) is 0. The highest BCUT2D eigenvalue weighted by Crippen LogP contribution is 2.33. The number of ether oxygens (including phenoxy) is 3. The molecule has 0 spiro atoms. The van der Waals surface area contributed by atoms with Crippen LogP contribution in [0.15, 0.2) is 48.5 Å². The Hall–Kier alpha value is -3.48. The van der Waals surface area contributed by atoms with Gasteiger partial charge in [-0.05, 0) is 36.4 Å². The van der Waals surface area contributed by atoms with Crippen LogP contribution in [0.2, 0.25) is 0 Å². The molecule has 140 valence electrons. The first-order valence-corrected chi connectivity index (χ1v) is 8.27. The zero-order valence-corrected chi connectivity index (χ0v) is 15.6. The topological polar surface area (TPSA) is 74.6 Å². The van der Waals surface area contributed by atoms with E-state index >= 15 is 0 Å². The predicted molar refractivity (Wildman–Crippen MR) is 103 cm³/mol. The molecule has 0 radical (unpaired) electrons. The van der Waals surface area contributed by atoms with Gasteiger partial charge >= 0.3 is 0 Å². The maximum Gasteiger partial charge on any atom is 0.276 e. The average Bonchev–Trinajstić information content (AvgIpc) is 3.09. The number of aryl methyl sites for hydroxylation is 1. The second kappa shape index (κ2) is 7.82. The third-order valence-corrected chi connectivity index (χ3v) is 4.12. The van der Waals surface area contributed by atoms with Gasteiger partial charge in [-0.15, -0.1) is 0 Å². The first-order chi connectivity index (χ1) is 13.0. The Balaban J connectivity index is 1.91. The van der Waals surface area contributed by atoms with Gasteiger partial charge in [0.05, 0.1) is 27.0 Å². The summed E-state index contributed by atoms with van der Waals surface area (Å²) in [6.45, 7) is 0. The molecule has 0 fully saturated rings. The van der Waals surface area contributed by atoms with E-state index in [0.717, 1.165) is 11.3 Å². The minimum Gasteiger partial charge on any atom is -0.497 e. The molecule has 3 rings (SSSR count). The maximum atomic E-state index is 12.6. The molecule has 0 saturated heterocycles. The summed E-state index contributed by atoms with van der Waals surface area (Å²) >= 11 is 0. The molecule has 0 aliphatic carbocycles. The van der Waals surface area contributed by atoms with Gasteiger partial charge < -0.3 is 19.5 Å². The summed E-state index contributed by atoms with van der Waals surface area (Å²) in [5.74, 6) is 1.70. The standard InChI is InChI=1S/C20H21N3O4/c1-23-18(16-11-15(26-3)8-9-19(16)27-4)12-17(22-23)20(24)21-13-6-5-7-14(10-13)25-2/h5-12H,1-4H3,(H,21,24). The lowest BCUT2D eigenvalue weighted by atomic mass is 10.1. The zero-order valence-electron chi connectivity index (χ0n) is 15.6. The number of amides is 1. The summed E-state index contributed by atoms with van der Waals surface area (Å²) in [5, 5.41) is 7.16. The number of carbonyl (C=O) groups excluding carboxylic acids is 1. The van der Waals surface area contributed by atoms with Crippen LogP contribution < -0.4 is 19.5 Å². The molecule has 0 unspecified atom stereocenters. The molecule has 27 heavy (non-hydrogen) atoms. The van der Waals surface area contributed by atoms with Gasteiger partial charge in [-0.1, -0.05) is 6.07 Å². The van der Waals surface area contributed by atoms with Crippen molar-refractivity contribution in [3.63, 3.8) is 0 Å². The van der Waals surface area contributed by atoms with Gasteiger partial charge in [0.2, 0.25) is 0 Å². The normalized spacial score (nSPS) is 10.4.